The Morgan fingerprint density at radius 2 is 1.75 bits per heavy atom. The highest BCUT2D eigenvalue weighted by atomic mass is 16.1. The molecule has 0 radical (unpaired) electrons. The van der Waals surface area contributed by atoms with E-state index in [1.54, 1.807) is 10.6 Å². The predicted octanol–water partition coefficient (Wildman–Crippen LogP) is 5.24. The smallest absolute Gasteiger partial charge is 0.261 e. The number of benzene rings is 2. The van der Waals surface area contributed by atoms with Crippen molar-refractivity contribution in [2.24, 2.45) is 0 Å². The Kier molecular flexibility index (Phi) is 5.28. The van der Waals surface area contributed by atoms with Crippen molar-refractivity contribution in [1.29, 1.82) is 0 Å². The number of aryl methyl sites for hydroxylation is 3. The lowest BCUT2D eigenvalue weighted by molar-refractivity contribution is 0.101. The standard InChI is InChI=1S/C24H22N2O2/c1-15-7-6-8-19(12-15)22-13-21(18(4)27)23(25-5)24(28)26(22)14-20-10-9-16(2)11-17(20)3/h6-13H,14H2,1-4H3. The van der Waals surface area contributed by atoms with E-state index in [1.807, 2.05) is 57.2 Å². The molecular weight excluding hydrogens is 348 g/mol. The van der Waals surface area contributed by atoms with Gasteiger partial charge < -0.3 is 4.57 Å². The summed E-state index contributed by atoms with van der Waals surface area (Å²) < 4.78 is 1.60. The van der Waals surface area contributed by atoms with E-state index >= 15 is 0 Å². The number of carbonyl (C=O) groups is 1. The van der Waals surface area contributed by atoms with E-state index in [0.717, 1.165) is 27.8 Å². The number of hydrogen-bond acceptors (Lipinski definition) is 2. The Bertz CT molecular complexity index is 1180. The first-order valence-electron chi connectivity index (χ1n) is 9.11. The van der Waals surface area contributed by atoms with Gasteiger partial charge in [0.15, 0.2) is 0 Å². The molecule has 0 bridgehead atoms. The molecule has 0 unspecified atom stereocenters. The summed E-state index contributed by atoms with van der Waals surface area (Å²) in [5.41, 5.74) is 5.42. The lowest BCUT2D eigenvalue weighted by Gasteiger charge is -2.17. The van der Waals surface area contributed by atoms with Crippen LogP contribution >= 0.6 is 0 Å². The van der Waals surface area contributed by atoms with Gasteiger partial charge >= 0.3 is 0 Å². The van der Waals surface area contributed by atoms with Gasteiger partial charge in [-0.1, -0.05) is 47.5 Å². The molecule has 0 N–H and O–H groups in total. The summed E-state index contributed by atoms with van der Waals surface area (Å²) in [6, 6.07) is 15.6. The summed E-state index contributed by atoms with van der Waals surface area (Å²) in [4.78, 5) is 28.7. The van der Waals surface area contributed by atoms with Crippen LogP contribution in [0.5, 0.6) is 0 Å². The largest absolute Gasteiger partial charge is 0.313 e. The van der Waals surface area contributed by atoms with Crippen LogP contribution in [0.2, 0.25) is 0 Å². The van der Waals surface area contributed by atoms with Crippen molar-refractivity contribution in [2.45, 2.75) is 34.2 Å². The van der Waals surface area contributed by atoms with E-state index in [4.69, 9.17) is 6.57 Å². The van der Waals surface area contributed by atoms with Crippen molar-refractivity contribution in [3.63, 3.8) is 0 Å². The molecular formula is C24H22N2O2. The molecule has 0 aliphatic heterocycles. The molecule has 0 spiro atoms. The Labute approximate surface area is 164 Å². The molecule has 3 aromatic rings. The number of nitrogens with zero attached hydrogens (tertiary/aromatic N) is 2. The second-order valence-electron chi connectivity index (χ2n) is 7.15. The van der Waals surface area contributed by atoms with Gasteiger partial charge in [-0.2, -0.15) is 0 Å². The highest BCUT2D eigenvalue weighted by molar-refractivity contribution is 6.00. The quantitative estimate of drug-likeness (QED) is 0.465. The number of carbonyl (C=O) groups excluding carboxylic acids is 1. The topological polar surface area (TPSA) is 43.4 Å². The van der Waals surface area contributed by atoms with Gasteiger partial charge in [-0.05, 0) is 56.5 Å². The summed E-state index contributed by atoms with van der Waals surface area (Å²) in [6.45, 7) is 15.2. The van der Waals surface area contributed by atoms with Gasteiger partial charge in [-0.15, -0.1) is 0 Å². The highest BCUT2D eigenvalue weighted by Crippen LogP contribution is 2.26. The van der Waals surface area contributed by atoms with Gasteiger partial charge in [-0.3, -0.25) is 9.59 Å². The van der Waals surface area contributed by atoms with Crippen LogP contribution in [0.4, 0.5) is 5.69 Å². The Hall–Kier alpha value is -3.45. The van der Waals surface area contributed by atoms with E-state index in [-0.39, 0.29) is 17.0 Å². The third-order valence-corrected chi connectivity index (χ3v) is 4.91. The minimum atomic E-state index is -0.431. The van der Waals surface area contributed by atoms with Crippen LogP contribution in [0.1, 0.15) is 39.5 Å². The van der Waals surface area contributed by atoms with Gasteiger partial charge in [0.05, 0.1) is 13.1 Å². The van der Waals surface area contributed by atoms with Crippen molar-refractivity contribution < 1.29 is 4.79 Å². The first-order valence-corrected chi connectivity index (χ1v) is 9.11. The normalized spacial score (nSPS) is 10.5. The Balaban J connectivity index is 2.31. The molecule has 0 saturated heterocycles. The first kappa shape index (κ1) is 19.3. The van der Waals surface area contributed by atoms with Crippen molar-refractivity contribution in [2.75, 3.05) is 0 Å². The third-order valence-electron chi connectivity index (χ3n) is 4.91. The van der Waals surface area contributed by atoms with Crippen LogP contribution < -0.4 is 5.56 Å². The van der Waals surface area contributed by atoms with Crippen LogP contribution in [0, 0.1) is 27.3 Å². The van der Waals surface area contributed by atoms with E-state index in [9.17, 15) is 9.59 Å². The van der Waals surface area contributed by atoms with E-state index < -0.39 is 5.56 Å². The van der Waals surface area contributed by atoms with Crippen molar-refractivity contribution >= 4 is 11.5 Å². The zero-order chi connectivity index (χ0) is 20.4. The number of rotatable bonds is 4. The second kappa shape index (κ2) is 7.66. The molecule has 0 atom stereocenters. The monoisotopic (exact) mass is 370 g/mol. The van der Waals surface area contributed by atoms with Gasteiger partial charge in [0.2, 0.25) is 0 Å². The molecule has 0 amide bonds. The van der Waals surface area contributed by atoms with Crippen LogP contribution in [0.15, 0.2) is 53.3 Å². The van der Waals surface area contributed by atoms with Gasteiger partial charge in [0, 0.05) is 11.3 Å². The number of ketones is 1. The number of aromatic nitrogens is 1. The third kappa shape index (κ3) is 3.65. The fourth-order valence-corrected chi connectivity index (χ4v) is 3.41. The van der Waals surface area contributed by atoms with E-state index in [1.165, 1.54) is 6.92 Å². The lowest BCUT2D eigenvalue weighted by atomic mass is 10.0. The van der Waals surface area contributed by atoms with Crippen LogP contribution in [-0.4, -0.2) is 10.4 Å². The maximum absolute atomic E-state index is 13.2. The van der Waals surface area contributed by atoms with Crippen LogP contribution in [0.25, 0.3) is 16.1 Å². The molecule has 0 aliphatic rings. The molecule has 0 saturated carbocycles. The summed E-state index contributed by atoms with van der Waals surface area (Å²) in [5, 5.41) is 0. The molecule has 1 heterocycles. The fraction of sp³-hybridized carbons (Fsp3) is 0.208. The lowest BCUT2D eigenvalue weighted by Crippen LogP contribution is -2.24. The van der Waals surface area contributed by atoms with Crippen molar-refractivity contribution in [3.05, 3.63) is 98.1 Å². The summed E-state index contributed by atoms with van der Waals surface area (Å²) >= 11 is 0. The minimum Gasteiger partial charge on any atom is -0.313 e. The van der Waals surface area contributed by atoms with E-state index in [2.05, 4.69) is 10.9 Å². The molecule has 4 heteroatoms. The van der Waals surface area contributed by atoms with Gasteiger partial charge in [-0.25, -0.2) is 4.85 Å². The Morgan fingerprint density at radius 1 is 1.04 bits per heavy atom. The summed E-state index contributed by atoms with van der Waals surface area (Å²) in [7, 11) is 0. The van der Waals surface area contributed by atoms with Crippen molar-refractivity contribution in [1.82, 2.24) is 4.57 Å². The number of hydrogen-bond donors (Lipinski definition) is 0. The summed E-state index contributed by atoms with van der Waals surface area (Å²) in [5.74, 6) is -0.282. The second-order valence-corrected chi connectivity index (χ2v) is 7.15. The zero-order valence-corrected chi connectivity index (χ0v) is 16.5. The van der Waals surface area contributed by atoms with Gasteiger partial charge in [0.1, 0.15) is 5.78 Å². The van der Waals surface area contributed by atoms with E-state index in [0.29, 0.717) is 12.2 Å². The van der Waals surface area contributed by atoms with Crippen LogP contribution in [-0.2, 0) is 6.54 Å². The minimum absolute atomic E-state index is 0.117. The number of pyridine rings is 1. The molecule has 0 aliphatic carbocycles. The maximum atomic E-state index is 13.2. The molecule has 2 aromatic carbocycles. The molecule has 4 nitrogen and oxygen atoms in total. The zero-order valence-electron chi connectivity index (χ0n) is 16.5. The number of Topliss-reactive ketones (excluding diaryl/α,β-unsaturated/α-hetero) is 1. The summed E-state index contributed by atoms with van der Waals surface area (Å²) in [6.07, 6.45) is 0. The SMILES string of the molecule is [C-]#[N+]c1c(C(C)=O)cc(-c2cccc(C)c2)n(Cc2ccc(C)cc2C)c1=O. The fourth-order valence-electron chi connectivity index (χ4n) is 3.41. The molecule has 140 valence electrons. The average Bonchev–Trinajstić information content (AvgIpc) is 2.64. The van der Waals surface area contributed by atoms with Gasteiger partial charge in [0.25, 0.3) is 11.2 Å². The molecule has 0 fully saturated rings. The average molecular weight is 370 g/mol. The predicted molar refractivity (Wildman–Crippen MR) is 112 cm³/mol. The first-order chi connectivity index (χ1) is 13.3. The molecule has 3 rings (SSSR count). The Morgan fingerprint density at radius 3 is 2.36 bits per heavy atom. The van der Waals surface area contributed by atoms with Crippen molar-refractivity contribution in [3.8, 4) is 11.3 Å². The van der Waals surface area contributed by atoms with Crippen LogP contribution in [0.3, 0.4) is 0 Å². The maximum Gasteiger partial charge on any atom is 0.261 e. The molecule has 1 aromatic heterocycles. The molecule has 28 heavy (non-hydrogen) atoms. The highest BCUT2D eigenvalue weighted by Gasteiger charge is 2.19.